The van der Waals surface area contributed by atoms with Crippen LogP contribution < -0.4 is 0 Å². The normalized spacial score (nSPS) is 33.1. The summed E-state index contributed by atoms with van der Waals surface area (Å²) in [4.78, 5) is 25.6. The van der Waals surface area contributed by atoms with Gasteiger partial charge in [-0.3, -0.25) is 14.5 Å². The molecule has 2 rings (SSSR count). The maximum Gasteiger partial charge on any atom is 0.236 e. The lowest BCUT2D eigenvalue weighted by Gasteiger charge is -2.38. The van der Waals surface area contributed by atoms with Crippen molar-refractivity contribution in [1.82, 2.24) is 4.90 Å². The Morgan fingerprint density at radius 3 is 2.25 bits per heavy atom. The topological polar surface area (TPSA) is 57.6 Å². The van der Waals surface area contributed by atoms with Crippen LogP contribution in [0.1, 0.15) is 46.0 Å². The minimum atomic E-state index is -0.461. The van der Waals surface area contributed by atoms with E-state index in [0.717, 1.165) is 12.8 Å². The van der Waals surface area contributed by atoms with Crippen LogP contribution >= 0.6 is 0 Å². The van der Waals surface area contributed by atoms with E-state index in [0.29, 0.717) is 19.3 Å². The second-order valence-electron chi connectivity index (χ2n) is 5.01. The van der Waals surface area contributed by atoms with Gasteiger partial charge in [-0.2, -0.15) is 0 Å². The molecule has 0 bridgehead atoms. The minimum absolute atomic E-state index is 0.0144. The molecule has 0 spiro atoms. The highest BCUT2D eigenvalue weighted by atomic mass is 16.3. The van der Waals surface area contributed by atoms with Crippen molar-refractivity contribution < 1.29 is 14.7 Å². The van der Waals surface area contributed by atoms with Crippen molar-refractivity contribution >= 4 is 11.8 Å². The number of aliphatic hydroxyl groups is 1. The van der Waals surface area contributed by atoms with Gasteiger partial charge in [0.25, 0.3) is 0 Å². The summed E-state index contributed by atoms with van der Waals surface area (Å²) in [7, 11) is 0. The van der Waals surface area contributed by atoms with Crippen LogP contribution in [0.25, 0.3) is 0 Å². The average molecular weight is 225 g/mol. The zero-order valence-corrected chi connectivity index (χ0v) is 9.90. The molecule has 90 valence electrons. The van der Waals surface area contributed by atoms with E-state index in [1.54, 1.807) is 0 Å². The van der Waals surface area contributed by atoms with Crippen molar-refractivity contribution in [3.63, 3.8) is 0 Å². The molecule has 16 heavy (non-hydrogen) atoms. The zero-order chi connectivity index (χ0) is 11.9. The van der Waals surface area contributed by atoms with Gasteiger partial charge in [-0.1, -0.05) is 13.8 Å². The fourth-order valence-electron chi connectivity index (χ4n) is 2.76. The third-order valence-corrected chi connectivity index (χ3v) is 4.24. The Kier molecular flexibility index (Phi) is 2.78. The van der Waals surface area contributed by atoms with E-state index in [2.05, 4.69) is 0 Å². The fourth-order valence-corrected chi connectivity index (χ4v) is 2.76. The van der Waals surface area contributed by atoms with E-state index in [9.17, 15) is 14.7 Å². The minimum Gasteiger partial charge on any atom is -0.393 e. The molecule has 1 saturated heterocycles. The van der Waals surface area contributed by atoms with Gasteiger partial charge in [-0.25, -0.2) is 0 Å². The first-order valence-electron chi connectivity index (χ1n) is 6.08. The predicted octanol–water partition coefficient (Wildman–Crippen LogP) is 1.07. The lowest BCUT2D eigenvalue weighted by Crippen LogP contribution is -2.50. The molecule has 1 N–H and O–H groups in total. The summed E-state index contributed by atoms with van der Waals surface area (Å²) in [6.07, 6.45) is 2.58. The molecule has 4 heteroatoms. The summed E-state index contributed by atoms with van der Waals surface area (Å²) in [5, 5.41) is 9.25. The van der Waals surface area contributed by atoms with Crippen LogP contribution in [-0.4, -0.2) is 34.0 Å². The van der Waals surface area contributed by atoms with Crippen LogP contribution in [0.4, 0.5) is 0 Å². The highest BCUT2D eigenvalue weighted by Gasteiger charge is 2.53. The van der Waals surface area contributed by atoms with Gasteiger partial charge in [0.1, 0.15) is 0 Å². The third-order valence-electron chi connectivity index (χ3n) is 4.24. The average Bonchev–Trinajstić information content (AvgIpc) is 2.47. The van der Waals surface area contributed by atoms with Crippen molar-refractivity contribution in [2.24, 2.45) is 5.41 Å². The summed E-state index contributed by atoms with van der Waals surface area (Å²) in [6.45, 7) is 3.93. The Balaban J connectivity index is 2.16. The second-order valence-corrected chi connectivity index (χ2v) is 5.01. The largest absolute Gasteiger partial charge is 0.393 e. The summed E-state index contributed by atoms with van der Waals surface area (Å²) in [6, 6.07) is -0.0463. The third kappa shape index (κ3) is 1.47. The number of imide groups is 1. The predicted molar refractivity (Wildman–Crippen MR) is 58.5 cm³/mol. The molecule has 0 radical (unpaired) electrons. The standard InChI is InChI=1S/C12H19NO3/c1-3-12(4-2)7-10(15)13(11(12)16)8-5-9(14)6-8/h8-9,14H,3-7H2,1-2H3. The molecule has 2 fully saturated rings. The first-order chi connectivity index (χ1) is 7.54. The van der Waals surface area contributed by atoms with Crippen molar-refractivity contribution in [2.45, 2.75) is 58.1 Å². The van der Waals surface area contributed by atoms with Crippen molar-refractivity contribution in [3.05, 3.63) is 0 Å². The molecule has 4 nitrogen and oxygen atoms in total. The number of amides is 2. The zero-order valence-electron chi connectivity index (χ0n) is 9.90. The molecule has 2 amide bonds. The number of nitrogens with zero attached hydrogens (tertiary/aromatic N) is 1. The number of carbonyl (C=O) groups excluding carboxylic acids is 2. The maximum atomic E-state index is 12.3. The number of aliphatic hydroxyl groups excluding tert-OH is 1. The summed E-state index contributed by atoms with van der Waals surface area (Å²) < 4.78 is 0. The van der Waals surface area contributed by atoms with Gasteiger partial charge in [0.2, 0.25) is 11.8 Å². The molecule has 0 aromatic heterocycles. The highest BCUT2D eigenvalue weighted by molar-refractivity contribution is 6.06. The Morgan fingerprint density at radius 2 is 1.88 bits per heavy atom. The number of likely N-dealkylation sites (tertiary alicyclic amines) is 1. The lowest BCUT2D eigenvalue weighted by atomic mass is 9.80. The Bertz CT molecular complexity index is 316. The molecule has 0 atom stereocenters. The van der Waals surface area contributed by atoms with Gasteiger partial charge in [-0.15, -0.1) is 0 Å². The van der Waals surface area contributed by atoms with Gasteiger partial charge in [0, 0.05) is 12.5 Å². The first kappa shape index (κ1) is 11.6. The molecule has 1 saturated carbocycles. The van der Waals surface area contributed by atoms with Crippen LogP contribution in [0.3, 0.4) is 0 Å². The molecular weight excluding hydrogens is 206 g/mol. The quantitative estimate of drug-likeness (QED) is 0.731. The Morgan fingerprint density at radius 1 is 1.31 bits per heavy atom. The number of carbonyl (C=O) groups is 2. The van der Waals surface area contributed by atoms with Gasteiger partial charge in [0.15, 0.2) is 0 Å². The summed E-state index contributed by atoms with van der Waals surface area (Å²) in [5.41, 5.74) is -0.461. The van der Waals surface area contributed by atoms with Crippen molar-refractivity contribution in [3.8, 4) is 0 Å². The first-order valence-corrected chi connectivity index (χ1v) is 6.08. The van der Waals surface area contributed by atoms with Crippen LogP contribution in [0.5, 0.6) is 0 Å². The van der Waals surface area contributed by atoms with E-state index in [1.807, 2.05) is 13.8 Å². The van der Waals surface area contributed by atoms with Gasteiger partial charge in [0.05, 0.1) is 11.5 Å². The number of rotatable bonds is 3. The molecule has 1 aliphatic heterocycles. The van der Waals surface area contributed by atoms with E-state index in [4.69, 9.17) is 0 Å². The molecule has 1 heterocycles. The van der Waals surface area contributed by atoms with E-state index in [-0.39, 0.29) is 24.0 Å². The van der Waals surface area contributed by atoms with Crippen LogP contribution in [-0.2, 0) is 9.59 Å². The lowest BCUT2D eigenvalue weighted by molar-refractivity contribution is -0.148. The second kappa shape index (κ2) is 3.84. The monoisotopic (exact) mass is 225 g/mol. The number of hydrogen-bond acceptors (Lipinski definition) is 3. The van der Waals surface area contributed by atoms with E-state index >= 15 is 0 Å². The van der Waals surface area contributed by atoms with E-state index < -0.39 is 5.41 Å². The maximum absolute atomic E-state index is 12.3. The van der Waals surface area contributed by atoms with Gasteiger partial charge < -0.3 is 5.11 Å². The SMILES string of the molecule is CCC1(CC)CC(=O)N(C2CC(O)C2)C1=O. The molecule has 0 aromatic rings. The summed E-state index contributed by atoms with van der Waals surface area (Å²) >= 11 is 0. The molecule has 1 aliphatic carbocycles. The smallest absolute Gasteiger partial charge is 0.236 e. The van der Waals surface area contributed by atoms with Crippen LogP contribution in [0.2, 0.25) is 0 Å². The van der Waals surface area contributed by atoms with Crippen LogP contribution in [0, 0.1) is 5.41 Å². The van der Waals surface area contributed by atoms with Gasteiger partial charge >= 0.3 is 0 Å². The highest BCUT2D eigenvalue weighted by Crippen LogP contribution is 2.42. The number of hydrogen-bond donors (Lipinski definition) is 1. The summed E-state index contributed by atoms with van der Waals surface area (Å²) in [5.74, 6) is -0.0648. The molecule has 2 aliphatic rings. The van der Waals surface area contributed by atoms with Gasteiger partial charge in [-0.05, 0) is 25.7 Å². The van der Waals surface area contributed by atoms with Crippen LogP contribution in [0.15, 0.2) is 0 Å². The Labute approximate surface area is 95.6 Å². The van der Waals surface area contributed by atoms with Crippen molar-refractivity contribution in [2.75, 3.05) is 0 Å². The Hall–Kier alpha value is -0.900. The molecular formula is C12H19NO3. The van der Waals surface area contributed by atoms with Crippen molar-refractivity contribution in [1.29, 1.82) is 0 Å². The molecule has 0 unspecified atom stereocenters. The fraction of sp³-hybridized carbons (Fsp3) is 0.833. The molecule has 0 aromatic carbocycles. The van der Waals surface area contributed by atoms with E-state index in [1.165, 1.54) is 4.90 Å².